The van der Waals surface area contributed by atoms with Crippen LogP contribution in [0, 0.1) is 17.1 Å². The molecular weight excluding hydrogens is 469 g/mol. The Morgan fingerprint density at radius 3 is 2.77 bits per heavy atom. The van der Waals surface area contributed by atoms with Crippen LogP contribution in [0.15, 0.2) is 35.1 Å². The van der Waals surface area contributed by atoms with Gasteiger partial charge in [0.15, 0.2) is 0 Å². The summed E-state index contributed by atoms with van der Waals surface area (Å²) in [5.74, 6) is -0.128. The zero-order valence-corrected chi connectivity index (χ0v) is 20.7. The first-order valence-corrected chi connectivity index (χ1v) is 12.3. The number of nitrogens with zero attached hydrogens (tertiary/aromatic N) is 5. The average Bonchev–Trinajstić information content (AvgIpc) is 2.88. The number of hydrogen-bond donors (Lipinski definition) is 0. The predicted molar refractivity (Wildman–Crippen MR) is 134 cm³/mol. The maximum Gasteiger partial charge on any atom is 0.295 e. The van der Waals surface area contributed by atoms with Crippen LogP contribution in [0.1, 0.15) is 44.0 Å². The molecule has 5 rings (SSSR count). The molecule has 7 nitrogen and oxygen atoms in total. The molecule has 0 unspecified atom stereocenters. The number of pyridine rings is 2. The van der Waals surface area contributed by atoms with E-state index in [4.69, 9.17) is 16.3 Å². The van der Waals surface area contributed by atoms with Crippen LogP contribution < -0.4 is 15.2 Å². The van der Waals surface area contributed by atoms with Gasteiger partial charge in [0.25, 0.3) is 5.56 Å². The van der Waals surface area contributed by atoms with Crippen molar-refractivity contribution in [3.05, 3.63) is 62.8 Å². The molecule has 0 aliphatic carbocycles. The second-order valence-electron chi connectivity index (χ2n) is 9.19. The smallest absolute Gasteiger partial charge is 0.295 e. The Hall–Kier alpha value is -3.15. The lowest BCUT2D eigenvalue weighted by atomic mass is 9.94. The van der Waals surface area contributed by atoms with E-state index in [0.29, 0.717) is 47.9 Å². The van der Waals surface area contributed by atoms with E-state index in [1.807, 2.05) is 6.07 Å². The Labute approximate surface area is 208 Å². The molecule has 2 aliphatic rings. The van der Waals surface area contributed by atoms with E-state index in [2.05, 4.69) is 34.7 Å². The minimum absolute atomic E-state index is 0.00174. The molecule has 3 aromatic rings. The highest BCUT2D eigenvalue weighted by atomic mass is 35.5. The van der Waals surface area contributed by atoms with E-state index in [-0.39, 0.29) is 28.7 Å². The first-order chi connectivity index (χ1) is 16.9. The van der Waals surface area contributed by atoms with Gasteiger partial charge in [-0.3, -0.25) is 9.69 Å². The minimum Gasteiger partial charge on any atom is -0.484 e. The number of aryl methyl sites for hydroxylation is 1. The van der Waals surface area contributed by atoms with Gasteiger partial charge in [0.1, 0.15) is 35.4 Å². The van der Waals surface area contributed by atoms with Crippen LogP contribution in [0.2, 0.25) is 5.02 Å². The number of anilines is 1. The summed E-state index contributed by atoms with van der Waals surface area (Å²) in [6, 6.07) is 10.7. The lowest BCUT2D eigenvalue weighted by molar-refractivity contribution is 0.0720. The molecule has 0 N–H and O–H groups in total. The van der Waals surface area contributed by atoms with Gasteiger partial charge in [0, 0.05) is 32.2 Å². The average molecular weight is 496 g/mol. The van der Waals surface area contributed by atoms with E-state index in [0.717, 1.165) is 18.4 Å². The topological polar surface area (TPSA) is 74.4 Å². The van der Waals surface area contributed by atoms with Crippen molar-refractivity contribution >= 4 is 28.3 Å². The molecule has 0 bridgehead atoms. The Morgan fingerprint density at radius 1 is 1.29 bits per heavy atom. The molecular formula is C26H27ClFN5O2. The summed E-state index contributed by atoms with van der Waals surface area (Å²) in [4.78, 5) is 22.4. The fourth-order valence-electron chi connectivity index (χ4n) is 5.52. The molecule has 35 heavy (non-hydrogen) atoms. The van der Waals surface area contributed by atoms with Gasteiger partial charge < -0.3 is 14.2 Å². The van der Waals surface area contributed by atoms with Gasteiger partial charge in [-0.05, 0) is 42.7 Å². The molecule has 1 aromatic carbocycles. The third-order valence-corrected chi connectivity index (χ3v) is 7.61. The van der Waals surface area contributed by atoms with Crippen molar-refractivity contribution < 1.29 is 9.13 Å². The van der Waals surface area contributed by atoms with Crippen LogP contribution in [0.5, 0.6) is 5.75 Å². The molecule has 0 radical (unpaired) electrons. The highest BCUT2D eigenvalue weighted by Gasteiger charge is 2.42. The maximum atomic E-state index is 13.8. The largest absolute Gasteiger partial charge is 0.484 e. The number of piperazine rings is 1. The normalized spacial score (nSPS) is 20.6. The summed E-state index contributed by atoms with van der Waals surface area (Å²) in [5, 5.41) is 9.57. The molecule has 0 saturated carbocycles. The van der Waals surface area contributed by atoms with Crippen molar-refractivity contribution in [2.45, 2.75) is 44.8 Å². The van der Waals surface area contributed by atoms with Gasteiger partial charge in [-0.2, -0.15) is 5.26 Å². The summed E-state index contributed by atoms with van der Waals surface area (Å²) in [7, 11) is 1.70. The molecule has 2 aliphatic heterocycles. The molecule has 2 aromatic heterocycles. The fraction of sp³-hybridized carbons (Fsp3) is 0.423. The second-order valence-corrected chi connectivity index (χ2v) is 9.60. The molecule has 1 fully saturated rings. The molecule has 9 heteroatoms. The van der Waals surface area contributed by atoms with E-state index in [1.54, 1.807) is 25.2 Å². The number of ether oxygens (including phenoxy) is 1. The number of fused-ring (bicyclic) bond motifs is 5. The highest BCUT2D eigenvalue weighted by Crippen LogP contribution is 2.41. The first kappa shape index (κ1) is 23.6. The number of halogens is 2. The van der Waals surface area contributed by atoms with Crippen molar-refractivity contribution in [2.24, 2.45) is 7.05 Å². The minimum atomic E-state index is -0.419. The second kappa shape index (κ2) is 9.14. The van der Waals surface area contributed by atoms with Gasteiger partial charge >= 0.3 is 0 Å². The quantitative estimate of drug-likeness (QED) is 0.533. The van der Waals surface area contributed by atoms with Crippen LogP contribution in [0.25, 0.3) is 11.0 Å². The Morgan fingerprint density at radius 2 is 2.09 bits per heavy atom. The summed E-state index contributed by atoms with van der Waals surface area (Å²) >= 11 is 6.12. The van der Waals surface area contributed by atoms with Gasteiger partial charge in [0.2, 0.25) is 5.75 Å². The van der Waals surface area contributed by atoms with Crippen molar-refractivity contribution in [1.82, 2.24) is 14.5 Å². The van der Waals surface area contributed by atoms with Crippen LogP contribution in [-0.2, 0) is 7.05 Å². The number of benzene rings is 1. The lowest BCUT2D eigenvalue weighted by Crippen LogP contribution is -2.62. The zero-order chi connectivity index (χ0) is 24.9. The molecule has 0 spiro atoms. The molecule has 4 heterocycles. The number of hydrogen-bond acceptors (Lipinski definition) is 6. The Kier molecular flexibility index (Phi) is 6.16. The molecule has 1 saturated heterocycles. The monoisotopic (exact) mass is 495 g/mol. The van der Waals surface area contributed by atoms with Gasteiger partial charge in [0.05, 0.1) is 16.6 Å². The Bertz CT molecular complexity index is 1400. The standard InChI is InChI=1S/C26H27ClFN5O2/c1-4-17-12-33-18(13-32(17)21(5-2)15-6-8-20(28)19(27)10-15)14-35-25-24(33)23-22(31(3)26(25)34)9-7-16(11-29)30-23/h6-10,17-18,21H,4-5,12-14H2,1-3H3/t17-,18+,21-/m1/s1. The van der Waals surface area contributed by atoms with Crippen molar-refractivity contribution in [3.8, 4) is 11.8 Å². The molecule has 182 valence electrons. The molecule has 3 atom stereocenters. The number of nitriles is 1. The summed E-state index contributed by atoms with van der Waals surface area (Å²) in [5.41, 5.74) is 3.02. The van der Waals surface area contributed by atoms with Crippen LogP contribution in [-0.4, -0.2) is 46.2 Å². The summed E-state index contributed by atoms with van der Waals surface area (Å²) < 4.78 is 21.4. The Balaban J connectivity index is 1.58. The van der Waals surface area contributed by atoms with Crippen LogP contribution in [0.3, 0.4) is 0 Å². The summed E-state index contributed by atoms with van der Waals surface area (Å²) in [6.45, 7) is 6.04. The number of rotatable bonds is 4. The van der Waals surface area contributed by atoms with Crippen molar-refractivity contribution in [2.75, 3.05) is 24.6 Å². The predicted octanol–water partition coefficient (Wildman–Crippen LogP) is 4.41. The van der Waals surface area contributed by atoms with E-state index >= 15 is 0 Å². The van der Waals surface area contributed by atoms with Gasteiger partial charge in [-0.15, -0.1) is 0 Å². The lowest BCUT2D eigenvalue weighted by Gasteiger charge is -2.51. The van der Waals surface area contributed by atoms with E-state index in [1.165, 1.54) is 10.6 Å². The highest BCUT2D eigenvalue weighted by molar-refractivity contribution is 6.30. The zero-order valence-electron chi connectivity index (χ0n) is 20.0. The molecule has 0 amide bonds. The van der Waals surface area contributed by atoms with Gasteiger partial charge in [-0.25, -0.2) is 9.37 Å². The first-order valence-electron chi connectivity index (χ1n) is 11.9. The summed E-state index contributed by atoms with van der Waals surface area (Å²) in [6.07, 6.45) is 1.74. The SMILES string of the molecule is CC[C@@H]1CN2c3c(c(=O)n(C)c4ccc(C#N)nc34)OC[C@@H]2CN1[C@H](CC)c1ccc(F)c(Cl)c1. The van der Waals surface area contributed by atoms with Crippen LogP contribution >= 0.6 is 11.6 Å². The van der Waals surface area contributed by atoms with Crippen LogP contribution in [0.4, 0.5) is 10.1 Å². The fourth-order valence-corrected chi connectivity index (χ4v) is 5.71. The third-order valence-electron chi connectivity index (χ3n) is 7.32. The van der Waals surface area contributed by atoms with Gasteiger partial charge in [-0.1, -0.05) is 31.5 Å². The number of aromatic nitrogens is 2. The van der Waals surface area contributed by atoms with E-state index < -0.39 is 5.82 Å². The maximum absolute atomic E-state index is 13.8. The third kappa shape index (κ3) is 3.83. The van der Waals surface area contributed by atoms with E-state index in [9.17, 15) is 14.4 Å². The van der Waals surface area contributed by atoms with Crippen molar-refractivity contribution in [1.29, 1.82) is 5.26 Å². The van der Waals surface area contributed by atoms with Crippen molar-refractivity contribution in [3.63, 3.8) is 0 Å².